The molecule has 2 rings (SSSR count). The quantitative estimate of drug-likeness (QED) is 0.727. The van der Waals surface area contributed by atoms with Crippen LogP contribution in [-0.4, -0.2) is 27.8 Å². The summed E-state index contributed by atoms with van der Waals surface area (Å²) in [7, 11) is 0. The molecular weight excluding hydrogens is 337 g/mol. The van der Waals surface area contributed by atoms with Gasteiger partial charge in [0.25, 0.3) is 0 Å². The lowest BCUT2D eigenvalue weighted by atomic mass is 10.1. The number of nitrogens with zero attached hydrogens (tertiary/aromatic N) is 2. The van der Waals surface area contributed by atoms with Gasteiger partial charge in [0.15, 0.2) is 5.16 Å². The maximum Gasteiger partial charge on any atom is 0.230 e. The Bertz CT molecular complexity index is 710. The second-order valence-electron chi connectivity index (χ2n) is 6.58. The zero-order valence-corrected chi connectivity index (χ0v) is 16.1. The maximum absolute atomic E-state index is 12.9. The number of benzene rings is 1. The zero-order chi connectivity index (χ0) is 18.4. The molecule has 1 aromatic heterocycles. The summed E-state index contributed by atoms with van der Waals surface area (Å²) in [4.78, 5) is 16.6. The van der Waals surface area contributed by atoms with Crippen LogP contribution in [0.2, 0.25) is 0 Å². The van der Waals surface area contributed by atoms with Crippen LogP contribution in [0.5, 0.6) is 0 Å². The van der Waals surface area contributed by atoms with E-state index < -0.39 is 0 Å². The Morgan fingerprint density at radius 2 is 1.96 bits per heavy atom. The fraction of sp³-hybridized carbons (Fsp3) is 0.474. The predicted octanol–water partition coefficient (Wildman–Crippen LogP) is 3.75. The normalized spacial score (nSPS) is 11.1. The van der Waals surface area contributed by atoms with Crippen molar-refractivity contribution in [3.05, 3.63) is 47.0 Å². The molecular formula is C19H26FN3OS. The van der Waals surface area contributed by atoms with E-state index in [4.69, 9.17) is 0 Å². The van der Waals surface area contributed by atoms with E-state index in [1.807, 2.05) is 6.92 Å². The Morgan fingerprint density at radius 1 is 1.28 bits per heavy atom. The largest absolute Gasteiger partial charge is 0.355 e. The average Bonchev–Trinajstić information content (AvgIpc) is 2.82. The van der Waals surface area contributed by atoms with E-state index in [2.05, 4.69) is 35.6 Å². The van der Waals surface area contributed by atoms with Crippen LogP contribution in [0.3, 0.4) is 0 Å². The number of halogens is 1. The van der Waals surface area contributed by atoms with Crippen LogP contribution in [0.1, 0.15) is 30.8 Å². The Morgan fingerprint density at radius 3 is 2.60 bits per heavy atom. The number of carbonyl (C=O) groups excluding carboxylic acids is 1. The van der Waals surface area contributed by atoms with Gasteiger partial charge in [0.2, 0.25) is 5.91 Å². The number of nitrogens with one attached hydrogen (secondary N) is 1. The first-order valence-electron chi connectivity index (χ1n) is 8.54. The minimum atomic E-state index is -0.244. The molecule has 0 aliphatic rings. The van der Waals surface area contributed by atoms with Crippen molar-refractivity contribution >= 4 is 17.7 Å². The van der Waals surface area contributed by atoms with Crippen LogP contribution in [0.15, 0.2) is 29.4 Å². The number of imidazole rings is 1. The molecule has 0 aliphatic carbocycles. The lowest BCUT2D eigenvalue weighted by Gasteiger charge is -2.12. The number of aryl methyl sites for hydroxylation is 1. The van der Waals surface area contributed by atoms with Crippen molar-refractivity contribution in [1.82, 2.24) is 14.9 Å². The van der Waals surface area contributed by atoms with Gasteiger partial charge in [-0.1, -0.05) is 37.7 Å². The SMILES string of the molecule is Cc1nc(SCC(=O)NCCc2ccc(F)cc2)n(CC(C)C)c1C. The summed E-state index contributed by atoms with van der Waals surface area (Å²) in [6.45, 7) is 9.86. The van der Waals surface area contributed by atoms with E-state index >= 15 is 0 Å². The molecule has 0 bridgehead atoms. The Labute approximate surface area is 153 Å². The van der Waals surface area contributed by atoms with Gasteiger partial charge in [0.05, 0.1) is 11.4 Å². The summed E-state index contributed by atoms with van der Waals surface area (Å²) in [6.07, 6.45) is 0.691. The van der Waals surface area contributed by atoms with Crippen molar-refractivity contribution in [3.8, 4) is 0 Å². The third-order valence-corrected chi connectivity index (χ3v) is 4.93. The summed E-state index contributed by atoms with van der Waals surface area (Å²) in [5.41, 5.74) is 3.18. The Kier molecular flexibility index (Phi) is 7.05. The van der Waals surface area contributed by atoms with Gasteiger partial charge < -0.3 is 9.88 Å². The van der Waals surface area contributed by atoms with Gasteiger partial charge >= 0.3 is 0 Å². The summed E-state index contributed by atoms with van der Waals surface area (Å²) in [6, 6.07) is 6.35. The van der Waals surface area contributed by atoms with E-state index in [1.54, 1.807) is 12.1 Å². The fourth-order valence-electron chi connectivity index (χ4n) is 2.49. The molecule has 6 heteroatoms. The van der Waals surface area contributed by atoms with Gasteiger partial charge in [-0.15, -0.1) is 0 Å². The second-order valence-corrected chi connectivity index (χ2v) is 7.53. The number of thioether (sulfide) groups is 1. The number of carbonyl (C=O) groups is 1. The summed E-state index contributed by atoms with van der Waals surface area (Å²) < 4.78 is 15.1. The molecule has 1 heterocycles. The molecule has 136 valence electrons. The highest BCUT2D eigenvalue weighted by molar-refractivity contribution is 7.99. The van der Waals surface area contributed by atoms with E-state index in [-0.39, 0.29) is 11.7 Å². The molecule has 0 spiro atoms. The first kappa shape index (κ1) is 19.5. The van der Waals surface area contributed by atoms with Crippen molar-refractivity contribution in [3.63, 3.8) is 0 Å². The molecule has 1 aromatic carbocycles. The molecule has 1 N–H and O–H groups in total. The van der Waals surface area contributed by atoms with E-state index in [9.17, 15) is 9.18 Å². The molecule has 0 unspecified atom stereocenters. The third kappa shape index (κ3) is 5.88. The molecule has 25 heavy (non-hydrogen) atoms. The first-order chi connectivity index (χ1) is 11.9. The van der Waals surface area contributed by atoms with Gasteiger partial charge in [0.1, 0.15) is 5.82 Å². The van der Waals surface area contributed by atoms with Gasteiger partial charge in [-0.3, -0.25) is 4.79 Å². The Balaban J connectivity index is 1.81. The minimum Gasteiger partial charge on any atom is -0.355 e. The minimum absolute atomic E-state index is 0.0125. The molecule has 4 nitrogen and oxygen atoms in total. The molecule has 1 amide bonds. The van der Waals surface area contributed by atoms with Crippen LogP contribution in [-0.2, 0) is 17.8 Å². The van der Waals surface area contributed by atoms with E-state index in [0.29, 0.717) is 24.6 Å². The van der Waals surface area contributed by atoms with Crippen LogP contribution in [0, 0.1) is 25.6 Å². The predicted molar refractivity (Wildman–Crippen MR) is 100 cm³/mol. The van der Waals surface area contributed by atoms with E-state index in [1.165, 1.54) is 23.9 Å². The highest BCUT2D eigenvalue weighted by Gasteiger charge is 2.14. The smallest absolute Gasteiger partial charge is 0.230 e. The molecule has 0 saturated carbocycles. The number of rotatable bonds is 8. The highest BCUT2D eigenvalue weighted by atomic mass is 32.2. The number of hydrogen-bond donors (Lipinski definition) is 1. The third-order valence-electron chi connectivity index (χ3n) is 3.95. The van der Waals surface area contributed by atoms with Crippen LogP contribution in [0.25, 0.3) is 0 Å². The second kappa shape index (κ2) is 9.04. The zero-order valence-electron chi connectivity index (χ0n) is 15.3. The highest BCUT2D eigenvalue weighted by Crippen LogP contribution is 2.22. The van der Waals surface area contributed by atoms with Crippen molar-refractivity contribution in [2.45, 2.75) is 45.8 Å². The van der Waals surface area contributed by atoms with Crippen molar-refractivity contribution in [2.24, 2.45) is 5.92 Å². The maximum atomic E-state index is 12.9. The monoisotopic (exact) mass is 363 g/mol. The molecule has 0 radical (unpaired) electrons. The van der Waals surface area contributed by atoms with Gasteiger partial charge in [-0.05, 0) is 43.9 Å². The lowest BCUT2D eigenvalue weighted by molar-refractivity contribution is -0.118. The number of hydrogen-bond acceptors (Lipinski definition) is 3. The van der Waals surface area contributed by atoms with Crippen molar-refractivity contribution in [1.29, 1.82) is 0 Å². The van der Waals surface area contributed by atoms with E-state index in [0.717, 1.165) is 28.7 Å². The Hall–Kier alpha value is -1.82. The molecule has 0 atom stereocenters. The molecule has 2 aromatic rings. The summed E-state index contributed by atoms with van der Waals surface area (Å²) in [5, 5.41) is 3.81. The van der Waals surface area contributed by atoms with Crippen LogP contribution in [0.4, 0.5) is 4.39 Å². The molecule has 0 saturated heterocycles. The summed E-state index contributed by atoms with van der Waals surface area (Å²) in [5.74, 6) is 0.613. The van der Waals surface area contributed by atoms with Gasteiger partial charge in [-0.25, -0.2) is 9.37 Å². The van der Waals surface area contributed by atoms with Crippen LogP contribution >= 0.6 is 11.8 Å². The molecule has 0 aliphatic heterocycles. The topological polar surface area (TPSA) is 46.9 Å². The first-order valence-corrected chi connectivity index (χ1v) is 9.53. The molecule has 0 fully saturated rings. The average molecular weight is 364 g/mol. The number of aromatic nitrogens is 2. The summed E-state index contributed by atoms with van der Waals surface area (Å²) >= 11 is 1.47. The number of amides is 1. The van der Waals surface area contributed by atoms with Gasteiger partial charge in [-0.2, -0.15) is 0 Å². The van der Waals surface area contributed by atoms with Gasteiger partial charge in [0, 0.05) is 18.8 Å². The standard InChI is InChI=1S/C19H26FN3OS/c1-13(2)11-23-15(4)14(3)22-19(23)25-12-18(24)21-10-9-16-5-7-17(20)8-6-16/h5-8,13H,9-12H2,1-4H3,(H,21,24). The van der Waals surface area contributed by atoms with Crippen LogP contribution < -0.4 is 5.32 Å². The van der Waals surface area contributed by atoms with Crippen molar-refractivity contribution in [2.75, 3.05) is 12.3 Å². The lowest BCUT2D eigenvalue weighted by Crippen LogP contribution is -2.27. The fourth-order valence-corrected chi connectivity index (χ4v) is 3.42. The van der Waals surface area contributed by atoms with Crippen molar-refractivity contribution < 1.29 is 9.18 Å².